The lowest BCUT2D eigenvalue weighted by Gasteiger charge is -2.01. The van der Waals surface area contributed by atoms with Gasteiger partial charge in [0.2, 0.25) is 0 Å². The van der Waals surface area contributed by atoms with Crippen molar-refractivity contribution in [1.82, 2.24) is 0 Å². The van der Waals surface area contributed by atoms with E-state index in [1.54, 1.807) is 12.1 Å². The monoisotopic (exact) mass is 164 g/mol. The number of aryl methyl sites for hydroxylation is 1. The molecule has 2 nitrogen and oxygen atoms in total. The summed E-state index contributed by atoms with van der Waals surface area (Å²) >= 11 is 0. The number of unbranched alkanes of at least 4 members (excludes halogenated alkanes) is 1. The van der Waals surface area contributed by atoms with Crippen LogP contribution in [0.1, 0.15) is 18.4 Å². The lowest BCUT2D eigenvalue weighted by molar-refractivity contribution is -0.107. The molecular formula is C10H12O2. The molecule has 12 heavy (non-hydrogen) atoms. The quantitative estimate of drug-likeness (QED) is 0.545. The third-order valence-electron chi connectivity index (χ3n) is 1.76. The zero-order valence-corrected chi connectivity index (χ0v) is 6.86. The molecule has 1 aromatic carbocycles. The van der Waals surface area contributed by atoms with Gasteiger partial charge in [-0.2, -0.15) is 0 Å². The third kappa shape index (κ3) is 2.38. The van der Waals surface area contributed by atoms with E-state index in [9.17, 15) is 9.90 Å². The van der Waals surface area contributed by atoms with Gasteiger partial charge in [-0.1, -0.05) is 18.2 Å². The Bertz CT molecular complexity index is 256. The van der Waals surface area contributed by atoms with Crippen LogP contribution in [0.15, 0.2) is 24.3 Å². The first-order valence-electron chi connectivity index (χ1n) is 4.05. The number of phenols is 1. The van der Waals surface area contributed by atoms with Gasteiger partial charge in [0.1, 0.15) is 12.0 Å². The normalized spacial score (nSPS) is 9.67. The Morgan fingerprint density at radius 3 is 2.75 bits per heavy atom. The molecule has 0 aromatic heterocycles. The average molecular weight is 164 g/mol. The Morgan fingerprint density at radius 1 is 1.33 bits per heavy atom. The number of hydrogen-bond donors (Lipinski definition) is 1. The van der Waals surface area contributed by atoms with E-state index in [2.05, 4.69) is 0 Å². The molecule has 0 fully saturated rings. The smallest absolute Gasteiger partial charge is 0.120 e. The van der Waals surface area contributed by atoms with Gasteiger partial charge >= 0.3 is 0 Å². The Labute approximate surface area is 71.8 Å². The van der Waals surface area contributed by atoms with Gasteiger partial charge in [0.25, 0.3) is 0 Å². The van der Waals surface area contributed by atoms with Crippen LogP contribution in [0.4, 0.5) is 0 Å². The number of aldehydes is 1. The van der Waals surface area contributed by atoms with E-state index in [4.69, 9.17) is 0 Å². The van der Waals surface area contributed by atoms with Crippen LogP contribution in [0.5, 0.6) is 5.75 Å². The first kappa shape index (κ1) is 8.78. The summed E-state index contributed by atoms with van der Waals surface area (Å²) in [6.45, 7) is 0. The van der Waals surface area contributed by atoms with E-state index in [-0.39, 0.29) is 0 Å². The number of para-hydroxylation sites is 1. The van der Waals surface area contributed by atoms with Crippen molar-refractivity contribution >= 4 is 6.29 Å². The zero-order chi connectivity index (χ0) is 8.81. The van der Waals surface area contributed by atoms with Crippen molar-refractivity contribution in [1.29, 1.82) is 0 Å². The Balaban J connectivity index is 2.51. The van der Waals surface area contributed by atoms with Crippen LogP contribution in [-0.2, 0) is 11.2 Å². The van der Waals surface area contributed by atoms with Gasteiger partial charge in [-0.25, -0.2) is 0 Å². The summed E-state index contributed by atoms with van der Waals surface area (Å²) in [7, 11) is 0. The van der Waals surface area contributed by atoms with Crippen LogP contribution in [0.25, 0.3) is 0 Å². The number of rotatable bonds is 4. The SMILES string of the molecule is O=CCCCc1ccccc1O. The van der Waals surface area contributed by atoms with Crippen molar-refractivity contribution in [3.63, 3.8) is 0 Å². The van der Waals surface area contributed by atoms with E-state index in [1.165, 1.54) is 0 Å². The first-order valence-corrected chi connectivity index (χ1v) is 4.05. The second-order valence-electron chi connectivity index (χ2n) is 2.69. The van der Waals surface area contributed by atoms with Crippen LogP contribution in [0, 0.1) is 0 Å². The molecule has 0 atom stereocenters. The van der Waals surface area contributed by atoms with E-state index in [0.717, 1.165) is 24.7 Å². The second kappa shape index (κ2) is 4.54. The van der Waals surface area contributed by atoms with Crippen molar-refractivity contribution < 1.29 is 9.90 Å². The summed E-state index contributed by atoms with van der Waals surface area (Å²) in [4.78, 5) is 10.0. The van der Waals surface area contributed by atoms with Gasteiger partial charge in [0.15, 0.2) is 0 Å². The maximum Gasteiger partial charge on any atom is 0.120 e. The highest BCUT2D eigenvalue weighted by Crippen LogP contribution is 2.17. The zero-order valence-electron chi connectivity index (χ0n) is 6.86. The standard InChI is InChI=1S/C10H12O2/c11-8-4-3-6-9-5-1-2-7-10(9)12/h1-2,5,7-8,12H,3-4,6H2. The fraction of sp³-hybridized carbons (Fsp3) is 0.300. The highest BCUT2D eigenvalue weighted by molar-refractivity contribution is 5.49. The minimum atomic E-state index is 0.323. The Hall–Kier alpha value is -1.31. The van der Waals surface area contributed by atoms with Crippen molar-refractivity contribution in [2.75, 3.05) is 0 Å². The predicted octanol–water partition coefficient (Wildman–Crippen LogP) is 1.91. The minimum absolute atomic E-state index is 0.323. The van der Waals surface area contributed by atoms with Gasteiger partial charge in [-0.05, 0) is 24.5 Å². The van der Waals surface area contributed by atoms with Crippen LogP contribution in [0.2, 0.25) is 0 Å². The van der Waals surface area contributed by atoms with Crippen molar-refractivity contribution in [3.8, 4) is 5.75 Å². The second-order valence-corrected chi connectivity index (χ2v) is 2.69. The number of benzene rings is 1. The molecule has 0 unspecified atom stereocenters. The van der Waals surface area contributed by atoms with E-state index in [1.807, 2.05) is 12.1 Å². The summed E-state index contributed by atoms with van der Waals surface area (Å²) in [6.07, 6.45) is 3.04. The summed E-state index contributed by atoms with van der Waals surface area (Å²) < 4.78 is 0. The van der Waals surface area contributed by atoms with Gasteiger partial charge in [0, 0.05) is 6.42 Å². The molecule has 64 valence electrons. The summed E-state index contributed by atoms with van der Waals surface area (Å²) in [5.41, 5.74) is 0.916. The lowest BCUT2D eigenvalue weighted by Crippen LogP contribution is -1.86. The van der Waals surface area contributed by atoms with E-state index < -0.39 is 0 Å². The fourth-order valence-corrected chi connectivity index (χ4v) is 1.10. The Morgan fingerprint density at radius 2 is 2.08 bits per heavy atom. The summed E-state index contributed by atoms with van der Waals surface area (Å²) in [5.74, 6) is 0.323. The molecule has 0 saturated carbocycles. The third-order valence-corrected chi connectivity index (χ3v) is 1.76. The minimum Gasteiger partial charge on any atom is -0.508 e. The molecule has 0 bridgehead atoms. The van der Waals surface area contributed by atoms with Gasteiger partial charge in [-0.3, -0.25) is 0 Å². The molecule has 0 spiro atoms. The molecule has 1 N–H and O–H groups in total. The molecule has 0 aliphatic heterocycles. The summed E-state index contributed by atoms with van der Waals surface area (Å²) in [6, 6.07) is 7.21. The Kier molecular flexibility index (Phi) is 3.33. The molecule has 0 saturated heterocycles. The number of carbonyl (C=O) groups excluding carboxylic acids is 1. The molecule has 2 heteroatoms. The molecule has 0 heterocycles. The maximum absolute atomic E-state index is 10.0. The number of aromatic hydroxyl groups is 1. The van der Waals surface area contributed by atoms with Crippen molar-refractivity contribution in [2.45, 2.75) is 19.3 Å². The fourth-order valence-electron chi connectivity index (χ4n) is 1.10. The van der Waals surface area contributed by atoms with Gasteiger partial charge in [-0.15, -0.1) is 0 Å². The molecule has 0 amide bonds. The highest BCUT2D eigenvalue weighted by Gasteiger charge is 1.97. The molecule has 0 aliphatic carbocycles. The molecule has 1 rings (SSSR count). The van der Waals surface area contributed by atoms with Crippen LogP contribution < -0.4 is 0 Å². The van der Waals surface area contributed by atoms with E-state index in [0.29, 0.717) is 12.2 Å². The van der Waals surface area contributed by atoms with Gasteiger partial charge < -0.3 is 9.90 Å². The van der Waals surface area contributed by atoms with E-state index >= 15 is 0 Å². The highest BCUT2D eigenvalue weighted by atomic mass is 16.3. The van der Waals surface area contributed by atoms with Crippen molar-refractivity contribution in [2.24, 2.45) is 0 Å². The van der Waals surface area contributed by atoms with Gasteiger partial charge in [0.05, 0.1) is 0 Å². The topological polar surface area (TPSA) is 37.3 Å². The molecule has 0 aliphatic rings. The molecule has 1 aromatic rings. The predicted molar refractivity (Wildman–Crippen MR) is 47.1 cm³/mol. The largest absolute Gasteiger partial charge is 0.508 e. The van der Waals surface area contributed by atoms with Crippen molar-refractivity contribution in [3.05, 3.63) is 29.8 Å². The summed E-state index contributed by atoms with van der Waals surface area (Å²) in [5, 5.41) is 9.32. The number of carbonyl (C=O) groups is 1. The van der Waals surface area contributed by atoms with Crippen LogP contribution in [-0.4, -0.2) is 11.4 Å². The molecular weight excluding hydrogens is 152 g/mol. The average Bonchev–Trinajstić information content (AvgIpc) is 2.09. The number of phenolic OH excluding ortho intramolecular Hbond substituents is 1. The number of hydrogen-bond acceptors (Lipinski definition) is 2. The maximum atomic E-state index is 10.0. The first-order chi connectivity index (χ1) is 5.84. The molecule has 0 radical (unpaired) electrons. The van der Waals surface area contributed by atoms with Crippen LogP contribution in [0.3, 0.4) is 0 Å². The lowest BCUT2D eigenvalue weighted by atomic mass is 10.1. The van der Waals surface area contributed by atoms with Crippen LogP contribution >= 0.6 is 0 Å².